The van der Waals surface area contributed by atoms with E-state index in [9.17, 15) is 5.11 Å². The van der Waals surface area contributed by atoms with Crippen LogP contribution in [-0.2, 0) is 0 Å². The number of aliphatic hydroxyl groups is 1. The first-order valence-electron chi connectivity index (χ1n) is 6.54. The molecule has 2 N–H and O–H groups in total. The summed E-state index contributed by atoms with van der Waals surface area (Å²) in [6.07, 6.45) is 1.12. The molecule has 0 bridgehead atoms. The average Bonchev–Trinajstić information content (AvgIpc) is 2.38. The van der Waals surface area contributed by atoms with Crippen molar-refractivity contribution in [2.24, 2.45) is 0 Å². The SMILES string of the molecule is Cc1cc(NC(C)C)ncc1[C@@H](O)c1ccccc1. The zero-order chi connectivity index (χ0) is 13.8. The second-order valence-electron chi connectivity index (χ2n) is 5.04. The predicted octanol–water partition coefficient (Wildman–Crippen LogP) is 3.29. The van der Waals surface area contributed by atoms with Crippen molar-refractivity contribution < 1.29 is 5.11 Å². The van der Waals surface area contributed by atoms with Crippen molar-refractivity contribution in [2.75, 3.05) is 5.32 Å². The van der Waals surface area contributed by atoms with Crippen LogP contribution in [0.3, 0.4) is 0 Å². The topological polar surface area (TPSA) is 45.2 Å². The van der Waals surface area contributed by atoms with Crippen LogP contribution in [0.1, 0.15) is 36.6 Å². The van der Waals surface area contributed by atoms with Gasteiger partial charge >= 0.3 is 0 Å². The smallest absolute Gasteiger partial charge is 0.126 e. The lowest BCUT2D eigenvalue weighted by molar-refractivity contribution is 0.219. The molecule has 0 aliphatic carbocycles. The molecule has 1 heterocycles. The van der Waals surface area contributed by atoms with Gasteiger partial charge in [-0.1, -0.05) is 30.3 Å². The van der Waals surface area contributed by atoms with Gasteiger partial charge < -0.3 is 10.4 Å². The summed E-state index contributed by atoms with van der Waals surface area (Å²) in [4.78, 5) is 4.36. The first-order valence-corrected chi connectivity index (χ1v) is 6.54. The van der Waals surface area contributed by atoms with Gasteiger partial charge in [0.1, 0.15) is 11.9 Å². The number of aliphatic hydroxyl groups excluding tert-OH is 1. The minimum atomic E-state index is -0.623. The molecule has 1 aromatic heterocycles. The van der Waals surface area contributed by atoms with E-state index in [1.54, 1.807) is 6.20 Å². The molecule has 0 saturated carbocycles. The minimum absolute atomic E-state index is 0.344. The summed E-state index contributed by atoms with van der Waals surface area (Å²) in [5.41, 5.74) is 2.77. The van der Waals surface area contributed by atoms with Gasteiger partial charge in [0.15, 0.2) is 0 Å². The van der Waals surface area contributed by atoms with Crippen molar-refractivity contribution in [3.8, 4) is 0 Å². The molecule has 100 valence electrons. The van der Waals surface area contributed by atoms with Gasteiger partial charge in [0, 0.05) is 17.8 Å². The number of rotatable bonds is 4. The molecule has 19 heavy (non-hydrogen) atoms. The van der Waals surface area contributed by atoms with Gasteiger partial charge in [-0.3, -0.25) is 0 Å². The highest BCUT2D eigenvalue weighted by Crippen LogP contribution is 2.25. The molecule has 0 unspecified atom stereocenters. The second-order valence-corrected chi connectivity index (χ2v) is 5.04. The van der Waals surface area contributed by atoms with Crippen molar-refractivity contribution in [1.82, 2.24) is 4.98 Å². The molecule has 1 atom stereocenters. The largest absolute Gasteiger partial charge is 0.384 e. The maximum Gasteiger partial charge on any atom is 0.126 e. The van der Waals surface area contributed by atoms with Gasteiger partial charge in [0.05, 0.1) is 0 Å². The van der Waals surface area contributed by atoms with E-state index in [1.165, 1.54) is 0 Å². The normalized spacial score (nSPS) is 12.5. The van der Waals surface area contributed by atoms with Crippen LogP contribution in [0, 0.1) is 6.92 Å². The fraction of sp³-hybridized carbons (Fsp3) is 0.312. The van der Waals surface area contributed by atoms with E-state index < -0.39 is 6.10 Å². The first kappa shape index (κ1) is 13.6. The first-order chi connectivity index (χ1) is 9.08. The fourth-order valence-electron chi connectivity index (χ4n) is 2.04. The van der Waals surface area contributed by atoms with E-state index in [4.69, 9.17) is 0 Å². The number of aromatic nitrogens is 1. The van der Waals surface area contributed by atoms with Crippen LogP contribution in [0.5, 0.6) is 0 Å². The lowest BCUT2D eigenvalue weighted by Crippen LogP contribution is -2.12. The number of aryl methyl sites for hydroxylation is 1. The molecule has 0 radical (unpaired) electrons. The third-order valence-electron chi connectivity index (χ3n) is 3.00. The number of pyridine rings is 1. The third-order valence-corrected chi connectivity index (χ3v) is 3.00. The highest BCUT2D eigenvalue weighted by Gasteiger charge is 2.13. The maximum atomic E-state index is 10.4. The van der Waals surface area contributed by atoms with Crippen LogP contribution >= 0.6 is 0 Å². The molecule has 0 spiro atoms. The molecular weight excluding hydrogens is 236 g/mol. The van der Waals surface area contributed by atoms with Gasteiger partial charge in [-0.15, -0.1) is 0 Å². The quantitative estimate of drug-likeness (QED) is 0.882. The van der Waals surface area contributed by atoms with Gasteiger partial charge in [-0.2, -0.15) is 0 Å². The Hall–Kier alpha value is -1.87. The van der Waals surface area contributed by atoms with Gasteiger partial charge in [0.2, 0.25) is 0 Å². The lowest BCUT2D eigenvalue weighted by atomic mass is 9.99. The Kier molecular flexibility index (Phi) is 4.17. The number of nitrogens with one attached hydrogen (secondary N) is 1. The molecule has 0 fully saturated rings. The molecular formula is C16H20N2O. The zero-order valence-corrected chi connectivity index (χ0v) is 11.6. The highest BCUT2D eigenvalue weighted by atomic mass is 16.3. The van der Waals surface area contributed by atoms with Crippen molar-refractivity contribution in [1.29, 1.82) is 0 Å². The van der Waals surface area contributed by atoms with Gasteiger partial charge in [-0.05, 0) is 38.0 Å². The molecule has 1 aromatic carbocycles. The summed E-state index contributed by atoms with van der Waals surface area (Å²) in [5.74, 6) is 0.844. The number of anilines is 1. The molecule has 0 aliphatic rings. The van der Waals surface area contributed by atoms with Gasteiger partial charge in [0.25, 0.3) is 0 Å². The summed E-state index contributed by atoms with van der Waals surface area (Å²) < 4.78 is 0. The van der Waals surface area contributed by atoms with Crippen LogP contribution in [0.2, 0.25) is 0 Å². The van der Waals surface area contributed by atoms with Crippen LogP contribution < -0.4 is 5.32 Å². The zero-order valence-electron chi connectivity index (χ0n) is 11.6. The monoisotopic (exact) mass is 256 g/mol. The summed E-state index contributed by atoms with van der Waals surface area (Å²) in [6.45, 7) is 6.14. The standard InChI is InChI=1S/C16H20N2O/c1-11(2)18-15-9-12(3)14(10-17-15)16(19)13-7-5-4-6-8-13/h4-11,16,19H,1-3H3,(H,17,18)/t16-/m0/s1. The number of nitrogens with zero attached hydrogens (tertiary/aromatic N) is 1. The molecule has 3 nitrogen and oxygen atoms in total. The van der Waals surface area contributed by atoms with Crippen LogP contribution in [0.4, 0.5) is 5.82 Å². The third kappa shape index (κ3) is 3.32. The molecule has 2 aromatic rings. The molecule has 0 saturated heterocycles. The van der Waals surface area contributed by atoms with Crippen molar-refractivity contribution in [2.45, 2.75) is 32.9 Å². The predicted molar refractivity (Wildman–Crippen MR) is 78.2 cm³/mol. The van der Waals surface area contributed by atoms with E-state index in [0.717, 1.165) is 22.5 Å². The van der Waals surface area contributed by atoms with Crippen molar-refractivity contribution in [3.63, 3.8) is 0 Å². The van der Waals surface area contributed by atoms with Crippen LogP contribution in [0.25, 0.3) is 0 Å². The van der Waals surface area contributed by atoms with Gasteiger partial charge in [-0.25, -0.2) is 4.98 Å². The van der Waals surface area contributed by atoms with Crippen LogP contribution in [-0.4, -0.2) is 16.1 Å². The average molecular weight is 256 g/mol. The fourth-order valence-corrected chi connectivity index (χ4v) is 2.04. The summed E-state index contributed by atoms with van der Waals surface area (Å²) in [6, 6.07) is 12.0. The summed E-state index contributed by atoms with van der Waals surface area (Å²) in [5, 5.41) is 13.6. The number of benzene rings is 1. The summed E-state index contributed by atoms with van der Waals surface area (Å²) in [7, 11) is 0. The van der Waals surface area contributed by atoms with Crippen LogP contribution in [0.15, 0.2) is 42.6 Å². The van der Waals surface area contributed by atoms with E-state index in [-0.39, 0.29) is 0 Å². The lowest BCUT2D eigenvalue weighted by Gasteiger charge is -2.16. The molecule has 0 aliphatic heterocycles. The van der Waals surface area contributed by atoms with Crippen molar-refractivity contribution in [3.05, 3.63) is 59.3 Å². The Morgan fingerprint density at radius 1 is 1.16 bits per heavy atom. The second kappa shape index (κ2) is 5.85. The van der Waals surface area contributed by atoms with E-state index in [1.807, 2.05) is 43.3 Å². The molecule has 2 rings (SSSR count). The van der Waals surface area contributed by atoms with Crippen molar-refractivity contribution >= 4 is 5.82 Å². The Morgan fingerprint density at radius 2 is 1.84 bits per heavy atom. The van der Waals surface area contributed by atoms with E-state index in [0.29, 0.717) is 6.04 Å². The van der Waals surface area contributed by atoms with E-state index in [2.05, 4.69) is 24.1 Å². The Morgan fingerprint density at radius 3 is 2.42 bits per heavy atom. The molecule has 3 heteroatoms. The molecule has 0 amide bonds. The Labute approximate surface area is 114 Å². The summed E-state index contributed by atoms with van der Waals surface area (Å²) >= 11 is 0. The number of hydrogen-bond acceptors (Lipinski definition) is 3. The highest BCUT2D eigenvalue weighted by molar-refractivity contribution is 5.43. The Bertz CT molecular complexity index is 538. The van der Waals surface area contributed by atoms with E-state index >= 15 is 0 Å². The Balaban J connectivity index is 2.26. The maximum absolute atomic E-state index is 10.4. The minimum Gasteiger partial charge on any atom is -0.384 e. The number of hydrogen-bond donors (Lipinski definition) is 2.